The van der Waals surface area contributed by atoms with E-state index in [2.05, 4.69) is 39.4 Å². The third-order valence-corrected chi connectivity index (χ3v) is 7.44. The van der Waals surface area contributed by atoms with Crippen molar-refractivity contribution in [2.45, 2.75) is 71.0 Å². The average Bonchev–Trinajstić information content (AvgIpc) is 3.29. The number of nitriles is 1. The van der Waals surface area contributed by atoms with Gasteiger partial charge in [0.15, 0.2) is 0 Å². The van der Waals surface area contributed by atoms with E-state index in [1.807, 2.05) is 0 Å². The number of hydrogen-bond acceptors (Lipinski definition) is 6. The molecule has 0 saturated carbocycles. The first kappa shape index (κ1) is 29.9. The normalized spacial score (nSPS) is 13.0. The fourth-order valence-corrected chi connectivity index (χ4v) is 5.31. The van der Waals surface area contributed by atoms with E-state index >= 15 is 0 Å². The largest absolute Gasteiger partial charge is 0.481 e. The number of benzene rings is 2. The number of halogens is 3. The first-order valence-electron chi connectivity index (χ1n) is 13.9. The van der Waals surface area contributed by atoms with Gasteiger partial charge in [-0.25, -0.2) is 0 Å². The Balaban J connectivity index is 1.53. The molecule has 0 atom stereocenters. The second-order valence-electron chi connectivity index (χ2n) is 10.4. The summed E-state index contributed by atoms with van der Waals surface area (Å²) in [7, 11) is 1.69. The Morgan fingerprint density at radius 2 is 1.88 bits per heavy atom. The fraction of sp³-hybridized carbons (Fsp3) is 0.467. The molecule has 8 nitrogen and oxygen atoms in total. The van der Waals surface area contributed by atoms with Crippen molar-refractivity contribution in [3.63, 3.8) is 0 Å². The molecule has 0 saturated heterocycles. The Morgan fingerprint density at radius 1 is 1.15 bits per heavy atom. The van der Waals surface area contributed by atoms with Crippen LogP contribution in [0.4, 0.5) is 24.8 Å². The molecule has 4 rings (SSSR count). The van der Waals surface area contributed by atoms with Gasteiger partial charge in [-0.15, -0.1) is 5.10 Å². The molecule has 218 valence electrons. The topological polar surface area (TPSA) is 107 Å². The number of aliphatic carboxylic acids is 1. The van der Waals surface area contributed by atoms with Crippen LogP contribution in [-0.2, 0) is 43.8 Å². The summed E-state index contributed by atoms with van der Waals surface area (Å²) >= 11 is 0. The molecule has 2 N–H and O–H groups in total. The maximum Gasteiger partial charge on any atom is 0.416 e. The maximum atomic E-state index is 13.3. The summed E-state index contributed by atoms with van der Waals surface area (Å²) < 4.78 is 41.5. The Bertz CT molecular complexity index is 1430. The van der Waals surface area contributed by atoms with E-state index in [0.717, 1.165) is 68.6 Å². The summed E-state index contributed by atoms with van der Waals surface area (Å²) in [6.07, 6.45) is 1.48. The van der Waals surface area contributed by atoms with Gasteiger partial charge in [0.25, 0.3) is 0 Å². The van der Waals surface area contributed by atoms with Crippen molar-refractivity contribution < 1.29 is 23.1 Å². The molecule has 0 radical (unpaired) electrons. The van der Waals surface area contributed by atoms with Gasteiger partial charge < -0.3 is 15.3 Å². The number of nitrogens with one attached hydrogen (secondary N) is 1. The highest BCUT2D eigenvalue weighted by atomic mass is 19.4. The molecule has 11 heteroatoms. The first-order chi connectivity index (χ1) is 19.6. The second kappa shape index (κ2) is 13.1. The lowest BCUT2D eigenvalue weighted by Gasteiger charge is -2.29. The van der Waals surface area contributed by atoms with Gasteiger partial charge >= 0.3 is 12.1 Å². The first-order valence-corrected chi connectivity index (χ1v) is 13.9. The van der Waals surface area contributed by atoms with Crippen LogP contribution in [0.15, 0.2) is 30.3 Å². The number of anilines is 2. The van der Waals surface area contributed by atoms with E-state index in [1.54, 1.807) is 13.1 Å². The smallest absolute Gasteiger partial charge is 0.416 e. The number of aryl methyl sites for hydroxylation is 3. The summed E-state index contributed by atoms with van der Waals surface area (Å²) in [4.78, 5) is 17.8. The number of alkyl halides is 3. The van der Waals surface area contributed by atoms with Crippen molar-refractivity contribution in [3.8, 4) is 6.07 Å². The van der Waals surface area contributed by atoms with Gasteiger partial charge in [0.1, 0.15) is 5.82 Å². The van der Waals surface area contributed by atoms with Crippen LogP contribution in [0.2, 0.25) is 0 Å². The van der Waals surface area contributed by atoms with Gasteiger partial charge in [0.2, 0.25) is 5.95 Å². The molecule has 41 heavy (non-hydrogen) atoms. The zero-order chi connectivity index (χ0) is 29.6. The van der Waals surface area contributed by atoms with Crippen molar-refractivity contribution in [1.82, 2.24) is 14.8 Å². The van der Waals surface area contributed by atoms with Gasteiger partial charge in [0, 0.05) is 45.2 Å². The van der Waals surface area contributed by atoms with Crippen molar-refractivity contribution in [2.75, 3.05) is 23.3 Å². The van der Waals surface area contributed by atoms with Crippen LogP contribution in [0.5, 0.6) is 0 Å². The zero-order valence-electron chi connectivity index (χ0n) is 23.4. The number of hydrogen-bond donors (Lipinski definition) is 2. The lowest BCUT2D eigenvalue weighted by atomic mass is 9.89. The lowest BCUT2D eigenvalue weighted by Crippen LogP contribution is -2.26. The minimum atomic E-state index is -4.55. The van der Waals surface area contributed by atoms with Gasteiger partial charge in [-0.1, -0.05) is 6.07 Å². The van der Waals surface area contributed by atoms with Crippen LogP contribution in [0.3, 0.4) is 0 Å². The highest BCUT2D eigenvalue weighted by molar-refractivity contribution is 5.66. The second-order valence-corrected chi connectivity index (χ2v) is 10.4. The SMILES string of the molecule is CCN(CCCCC(=O)O)c1cc2c(cc1CNc1nc(Cc3cc(C#N)cc(C(F)(F)F)c3)n(C)n1)CCCC2. The van der Waals surface area contributed by atoms with E-state index in [0.29, 0.717) is 30.3 Å². The summed E-state index contributed by atoms with van der Waals surface area (Å²) in [5, 5.41) is 25.9. The van der Waals surface area contributed by atoms with Crippen molar-refractivity contribution >= 4 is 17.6 Å². The maximum absolute atomic E-state index is 13.3. The summed E-state index contributed by atoms with van der Waals surface area (Å²) in [5.74, 6) is 0.0469. The van der Waals surface area contributed by atoms with Crippen LogP contribution in [0.25, 0.3) is 0 Å². The molecule has 0 aliphatic heterocycles. The Labute approximate surface area is 237 Å². The Hall–Kier alpha value is -4.07. The molecular weight excluding hydrogens is 533 g/mol. The molecule has 2 aromatic carbocycles. The third-order valence-electron chi connectivity index (χ3n) is 7.44. The molecule has 0 unspecified atom stereocenters. The minimum absolute atomic E-state index is 0.0567. The predicted molar refractivity (Wildman–Crippen MR) is 150 cm³/mol. The number of carbonyl (C=O) groups is 1. The fourth-order valence-electron chi connectivity index (χ4n) is 5.31. The highest BCUT2D eigenvalue weighted by Gasteiger charge is 2.31. The van der Waals surface area contributed by atoms with Gasteiger partial charge in [0.05, 0.1) is 17.2 Å². The van der Waals surface area contributed by atoms with Crippen LogP contribution < -0.4 is 10.2 Å². The highest BCUT2D eigenvalue weighted by Crippen LogP contribution is 2.32. The van der Waals surface area contributed by atoms with Crippen molar-refractivity contribution in [3.05, 3.63) is 69.5 Å². The molecule has 1 aliphatic rings. The molecule has 1 aliphatic carbocycles. The molecule has 0 bridgehead atoms. The Morgan fingerprint density at radius 3 is 2.54 bits per heavy atom. The van der Waals surface area contributed by atoms with E-state index in [-0.39, 0.29) is 18.4 Å². The monoisotopic (exact) mass is 568 g/mol. The number of nitrogens with zero attached hydrogens (tertiary/aromatic N) is 5. The van der Waals surface area contributed by atoms with Crippen molar-refractivity contribution in [2.24, 2.45) is 7.05 Å². The quantitative estimate of drug-likeness (QED) is 0.263. The van der Waals surface area contributed by atoms with Gasteiger partial charge in [-0.3, -0.25) is 9.48 Å². The molecule has 0 fully saturated rings. The number of unbranched alkanes of at least 4 members (excludes halogenated alkanes) is 1. The standard InChI is InChI=1S/C30H35F3N6O2/c1-3-39(11-7-6-10-28(40)41)26-17-23-9-5-4-8-22(23)16-24(26)19-35-29-36-27(38(2)37-29)15-20-12-21(18-34)14-25(13-20)30(31,32)33/h12-14,16-17H,3-11,15,19H2,1-2H3,(H,35,37)(H,40,41). The van der Waals surface area contributed by atoms with Crippen LogP contribution in [0, 0.1) is 11.3 Å². The van der Waals surface area contributed by atoms with Crippen molar-refractivity contribution in [1.29, 1.82) is 5.26 Å². The van der Waals surface area contributed by atoms with Crippen LogP contribution >= 0.6 is 0 Å². The number of fused-ring (bicyclic) bond motifs is 1. The number of aromatic nitrogens is 3. The van der Waals surface area contributed by atoms with E-state index in [4.69, 9.17) is 5.11 Å². The lowest BCUT2D eigenvalue weighted by molar-refractivity contribution is -0.138. The molecule has 0 amide bonds. The summed E-state index contributed by atoms with van der Waals surface area (Å²) in [6.45, 7) is 4.08. The molecule has 0 spiro atoms. The Kier molecular flexibility index (Phi) is 9.53. The van der Waals surface area contributed by atoms with Crippen LogP contribution in [-0.4, -0.2) is 38.9 Å². The van der Waals surface area contributed by atoms with Gasteiger partial charge in [-0.05, 0) is 92.0 Å². The summed E-state index contributed by atoms with van der Waals surface area (Å²) in [5.41, 5.74) is 4.31. The molecule has 1 heterocycles. The van der Waals surface area contributed by atoms with E-state index in [1.165, 1.54) is 21.9 Å². The third kappa shape index (κ3) is 7.78. The minimum Gasteiger partial charge on any atom is -0.481 e. The average molecular weight is 569 g/mol. The van der Waals surface area contributed by atoms with E-state index in [9.17, 15) is 23.2 Å². The number of carboxylic acids is 1. The van der Waals surface area contributed by atoms with Gasteiger partial charge in [-0.2, -0.15) is 23.4 Å². The number of rotatable bonds is 12. The predicted octanol–water partition coefficient (Wildman–Crippen LogP) is 5.87. The summed E-state index contributed by atoms with van der Waals surface area (Å²) in [6, 6.07) is 9.63. The zero-order valence-corrected chi connectivity index (χ0v) is 23.4. The number of carboxylic acid groups (broad SMARTS) is 1. The molecular formula is C30H35F3N6O2. The van der Waals surface area contributed by atoms with E-state index < -0.39 is 17.7 Å². The molecule has 3 aromatic rings. The molecule has 1 aromatic heterocycles. The van der Waals surface area contributed by atoms with Crippen LogP contribution in [0.1, 0.15) is 78.2 Å².